The van der Waals surface area contributed by atoms with Crippen LogP contribution < -0.4 is 5.73 Å². The molecule has 3 rings (SSSR count). The number of aromatic amines is 1. The van der Waals surface area contributed by atoms with Crippen molar-refractivity contribution in [3.8, 4) is 0 Å². The predicted octanol–water partition coefficient (Wildman–Crippen LogP) is 1.24. The number of likely N-dealkylation sites (tertiary alicyclic amines) is 1. The number of fused-ring (bicyclic) bond motifs is 1. The van der Waals surface area contributed by atoms with Crippen molar-refractivity contribution in [1.29, 1.82) is 0 Å². The molecule has 112 valence electrons. The summed E-state index contributed by atoms with van der Waals surface area (Å²) in [5.41, 5.74) is 7.98. The molecule has 1 fully saturated rings. The second kappa shape index (κ2) is 5.38. The number of ether oxygens (including phenoxy) is 2. The molecule has 6 nitrogen and oxygen atoms in total. The molecule has 0 bridgehead atoms. The van der Waals surface area contributed by atoms with Gasteiger partial charge in [0.25, 0.3) is 5.91 Å². The molecule has 0 aliphatic carbocycles. The number of rotatable bonds is 3. The first kappa shape index (κ1) is 13.9. The quantitative estimate of drug-likeness (QED) is 0.833. The average molecular weight is 289 g/mol. The van der Waals surface area contributed by atoms with Gasteiger partial charge in [0.1, 0.15) is 12.2 Å². The third-order valence-electron chi connectivity index (χ3n) is 4.04. The summed E-state index contributed by atoms with van der Waals surface area (Å²) >= 11 is 0. The summed E-state index contributed by atoms with van der Waals surface area (Å²) in [5.74, 6) is -0.0338. The van der Waals surface area contributed by atoms with Gasteiger partial charge in [-0.05, 0) is 18.2 Å². The van der Waals surface area contributed by atoms with Crippen LogP contribution in [0.2, 0.25) is 0 Å². The molecule has 2 heterocycles. The minimum atomic E-state index is -0.0887. The molecule has 21 heavy (non-hydrogen) atoms. The molecule has 6 heteroatoms. The van der Waals surface area contributed by atoms with Crippen LogP contribution in [-0.4, -0.2) is 55.3 Å². The number of aromatic nitrogens is 1. The number of anilines is 1. The van der Waals surface area contributed by atoms with Crippen molar-refractivity contribution in [1.82, 2.24) is 9.88 Å². The van der Waals surface area contributed by atoms with E-state index in [4.69, 9.17) is 15.2 Å². The van der Waals surface area contributed by atoms with Gasteiger partial charge in [0, 0.05) is 50.1 Å². The zero-order valence-corrected chi connectivity index (χ0v) is 12.1. The Bertz CT molecular complexity index is 655. The van der Waals surface area contributed by atoms with Crippen molar-refractivity contribution in [2.45, 2.75) is 12.2 Å². The van der Waals surface area contributed by atoms with E-state index in [1.54, 1.807) is 25.3 Å². The zero-order chi connectivity index (χ0) is 15.0. The van der Waals surface area contributed by atoms with Crippen LogP contribution in [0.4, 0.5) is 5.69 Å². The fraction of sp³-hybridized carbons (Fsp3) is 0.400. The van der Waals surface area contributed by atoms with Gasteiger partial charge in [0.2, 0.25) is 0 Å². The maximum absolute atomic E-state index is 12.7. The van der Waals surface area contributed by atoms with E-state index in [0.29, 0.717) is 24.3 Å². The van der Waals surface area contributed by atoms with Gasteiger partial charge in [-0.3, -0.25) is 4.79 Å². The van der Waals surface area contributed by atoms with E-state index in [-0.39, 0.29) is 18.1 Å². The fourth-order valence-electron chi connectivity index (χ4n) is 2.85. The Morgan fingerprint density at radius 3 is 2.57 bits per heavy atom. The van der Waals surface area contributed by atoms with Crippen LogP contribution in [0.5, 0.6) is 0 Å². The molecule has 1 aliphatic heterocycles. The Balaban J connectivity index is 1.89. The van der Waals surface area contributed by atoms with Gasteiger partial charge in [-0.25, -0.2) is 0 Å². The monoisotopic (exact) mass is 289 g/mol. The highest BCUT2D eigenvalue weighted by atomic mass is 16.5. The summed E-state index contributed by atoms with van der Waals surface area (Å²) in [5, 5.41) is 0.842. The van der Waals surface area contributed by atoms with E-state index < -0.39 is 0 Å². The lowest BCUT2D eigenvalue weighted by molar-refractivity contribution is -0.00461. The molecule has 1 aromatic heterocycles. The van der Waals surface area contributed by atoms with Crippen molar-refractivity contribution >= 4 is 22.5 Å². The lowest BCUT2D eigenvalue weighted by Gasteiger charge is -2.15. The number of carbonyl (C=O) groups is 1. The van der Waals surface area contributed by atoms with Crippen LogP contribution in [0.15, 0.2) is 24.4 Å². The van der Waals surface area contributed by atoms with Gasteiger partial charge < -0.3 is 25.1 Å². The third-order valence-corrected chi connectivity index (χ3v) is 4.04. The number of hydrogen-bond acceptors (Lipinski definition) is 4. The first-order valence-electron chi connectivity index (χ1n) is 6.85. The van der Waals surface area contributed by atoms with E-state index in [1.165, 1.54) is 0 Å². The summed E-state index contributed by atoms with van der Waals surface area (Å²) in [6, 6.07) is 5.50. The molecule has 1 amide bonds. The standard InChI is InChI=1S/C15H19N3O3/c1-20-13-7-18(8-14(13)21-2)15(19)11-6-17-12-4-3-9(16)5-10(11)12/h3-6,13-14,17H,7-8,16H2,1-2H3. The van der Waals surface area contributed by atoms with Gasteiger partial charge in [-0.1, -0.05) is 0 Å². The fourth-order valence-corrected chi connectivity index (χ4v) is 2.85. The van der Waals surface area contributed by atoms with Crippen molar-refractivity contribution in [2.24, 2.45) is 0 Å². The van der Waals surface area contributed by atoms with Crippen LogP contribution in [0, 0.1) is 0 Å². The molecule has 0 saturated carbocycles. The molecule has 1 aromatic carbocycles. The van der Waals surface area contributed by atoms with Gasteiger partial charge in [-0.15, -0.1) is 0 Å². The minimum absolute atomic E-state index is 0.0338. The number of benzene rings is 1. The number of amides is 1. The van der Waals surface area contributed by atoms with Crippen molar-refractivity contribution in [3.05, 3.63) is 30.0 Å². The van der Waals surface area contributed by atoms with Gasteiger partial charge >= 0.3 is 0 Å². The number of carbonyl (C=O) groups excluding carboxylic acids is 1. The zero-order valence-electron chi connectivity index (χ0n) is 12.1. The Kier molecular flexibility index (Phi) is 3.57. The summed E-state index contributed by atoms with van der Waals surface area (Å²) in [7, 11) is 3.27. The maximum Gasteiger partial charge on any atom is 0.256 e. The second-order valence-electron chi connectivity index (χ2n) is 5.27. The van der Waals surface area contributed by atoms with Crippen LogP contribution in [-0.2, 0) is 9.47 Å². The van der Waals surface area contributed by atoms with Crippen LogP contribution in [0.1, 0.15) is 10.4 Å². The third kappa shape index (κ3) is 2.36. The molecule has 1 aliphatic rings. The average Bonchev–Trinajstić information content (AvgIpc) is 3.09. The maximum atomic E-state index is 12.7. The Hall–Kier alpha value is -2.05. The highest BCUT2D eigenvalue weighted by Crippen LogP contribution is 2.24. The molecular formula is C15H19N3O3. The van der Waals surface area contributed by atoms with E-state index in [9.17, 15) is 4.79 Å². The van der Waals surface area contributed by atoms with Crippen molar-refractivity contribution in [3.63, 3.8) is 0 Å². The van der Waals surface area contributed by atoms with Gasteiger partial charge in [-0.2, -0.15) is 0 Å². The number of nitrogens with zero attached hydrogens (tertiary/aromatic N) is 1. The summed E-state index contributed by atoms with van der Waals surface area (Å²) < 4.78 is 10.7. The number of nitrogens with one attached hydrogen (secondary N) is 1. The molecular weight excluding hydrogens is 270 g/mol. The Morgan fingerprint density at radius 1 is 1.29 bits per heavy atom. The summed E-state index contributed by atoms with van der Waals surface area (Å²) in [6.07, 6.45) is 1.55. The molecule has 0 spiro atoms. The highest BCUT2D eigenvalue weighted by molar-refractivity contribution is 6.07. The van der Waals surface area contributed by atoms with E-state index in [0.717, 1.165) is 10.9 Å². The number of nitrogen functional groups attached to an aromatic ring is 1. The summed E-state index contributed by atoms with van der Waals surface area (Å²) in [4.78, 5) is 17.6. The van der Waals surface area contributed by atoms with E-state index in [2.05, 4.69) is 4.98 Å². The number of H-pyrrole nitrogens is 1. The normalized spacial score (nSPS) is 22.1. The number of nitrogens with two attached hydrogens (primary N) is 1. The highest BCUT2D eigenvalue weighted by Gasteiger charge is 2.36. The lowest BCUT2D eigenvalue weighted by Crippen LogP contribution is -2.29. The largest absolute Gasteiger partial charge is 0.399 e. The van der Waals surface area contributed by atoms with Crippen molar-refractivity contribution < 1.29 is 14.3 Å². The Morgan fingerprint density at radius 2 is 1.95 bits per heavy atom. The predicted molar refractivity (Wildman–Crippen MR) is 80.2 cm³/mol. The molecule has 2 unspecified atom stereocenters. The van der Waals surface area contributed by atoms with Crippen LogP contribution >= 0.6 is 0 Å². The molecule has 2 aromatic rings. The smallest absolute Gasteiger partial charge is 0.256 e. The van der Waals surface area contributed by atoms with E-state index >= 15 is 0 Å². The van der Waals surface area contributed by atoms with E-state index in [1.807, 2.05) is 18.2 Å². The minimum Gasteiger partial charge on any atom is -0.399 e. The SMILES string of the molecule is COC1CN(C(=O)c2c[nH]c3ccc(N)cc23)CC1OC. The topological polar surface area (TPSA) is 80.6 Å². The first-order chi connectivity index (χ1) is 10.1. The lowest BCUT2D eigenvalue weighted by atomic mass is 10.1. The summed E-state index contributed by atoms with van der Waals surface area (Å²) in [6.45, 7) is 1.06. The molecule has 2 atom stereocenters. The van der Waals surface area contributed by atoms with Crippen LogP contribution in [0.3, 0.4) is 0 Å². The molecule has 1 saturated heterocycles. The van der Waals surface area contributed by atoms with Gasteiger partial charge in [0.15, 0.2) is 0 Å². The number of hydrogen-bond donors (Lipinski definition) is 2. The first-order valence-corrected chi connectivity index (χ1v) is 6.85. The number of methoxy groups -OCH3 is 2. The van der Waals surface area contributed by atoms with Gasteiger partial charge in [0.05, 0.1) is 5.56 Å². The Labute approximate surface area is 122 Å². The second-order valence-corrected chi connectivity index (χ2v) is 5.27. The van der Waals surface area contributed by atoms with Crippen molar-refractivity contribution in [2.75, 3.05) is 33.0 Å². The molecule has 3 N–H and O–H groups in total. The molecule has 0 radical (unpaired) electrons. The van der Waals surface area contributed by atoms with Crippen LogP contribution in [0.25, 0.3) is 10.9 Å².